The molecule has 39 heavy (non-hydrogen) atoms. The number of hydrogen-bond donors (Lipinski definition) is 1. The van der Waals surface area contributed by atoms with Crippen LogP contribution >= 0.6 is 0 Å². The van der Waals surface area contributed by atoms with Gasteiger partial charge in [0.1, 0.15) is 11.4 Å². The van der Waals surface area contributed by atoms with Crippen LogP contribution in [0.5, 0.6) is 0 Å². The number of hydrogen-bond acceptors (Lipinski definition) is 6. The summed E-state index contributed by atoms with van der Waals surface area (Å²) in [6.45, 7) is 0.778. The van der Waals surface area contributed by atoms with Gasteiger partial charge in [-0.1, -0.05) is 0 Å². The molecule has 214 valence electrons. The van der Waals surface area contributed by atoms with Gasteiger partial charge in [0.2, 0.25) is 0 Å². The average Bonchev–Trinajstić information content (AvgIpc) is 2.87. The lowest BCUT2D eigenvalue weighted by molar-refractivity contribution is -0.150. The third kappa shape index (κ3) is 7.14. The van der Waals surface area contributed by atoms with Crippen molar-refractivity contribution in [3.8, 4) is 0 Å². The maximum atomic E-state index is 13.2. The molecule has 2 fully saturated rings. The Morgan fingerprint density at radius 2 is 1.44 bits per heavy atom. The number of carbonyl (C=O) groups is 1. The summed E-state index contributed by atoms with van der Waals surface area (Å²) in [4.78, 5) is 18.9. The third-order valence-corrected chi connectivity index (χ3v) is 8.83. The Morgan fingerprint density at radius 1 is 0.923 bits per heavy atom. The second kappa shape index (κ2) is 10.9. The lowest BCUT2D eigenvalue weighted by Gasteiger charge is -2.36. The van der Waals surface area contributed by atoms with Crippen molar-refractivity contribution in [3.05, 3.63) is 53.3 Å². The summed E-state index contributed by atoms with van der Waals surface area (Å²) in [6.07, 6.45) is -8.11. The SMILES string of the molecule is CN(c1cc(C(F)(F)F)nc(C(F)(F)F)c1)C1CCC(NC(=O)c2ccc(N3CCS(=O)(=O)CC3)cc2)CC1. The smallest absolute Gasteiger partial charge is 0.371 e. The molecule has 0 bridgehead atoms. The van der Waals surface area contributed by atoms with Gasteiger partial charge in [0.05, 0.1) is 11.5 Å². The molecule has 0 atom stereocenters. The van der Waals surface area contributed by atoms with E-state index in [1.54, 1.807) is 24.3 Å². The maximum Gasteiger partial charge on any atom is 0.433 e. The first-order valence-electron chi connectivity index (χ1n) is 12.4. The molecule has 1 aliphatic heterocycles. The summed E-state index contributed by atoms with van der Waals surface area (Å²) in [7, 11) is -1.55. The highest BCUT2D eigenvalue weighted by Crippen LogP contribution is 2.37. The molecule has 7 nitrogen and oxygen atoms in total. The molecule has 1 saturated carbocycles. The van der Waals surface area contributed by atoms with Crippen molar-refractivity contribution in [2.75, 3.05) is 41.4 Å². The van der Waals surface area contributed by atoms with E-state index in [9.17, 15) is 39.6 Å². The van der Waals surface area contributed by atoms with Crippen LogP contribution in [-0.2, 0) is 22.2 Å². The molecule has 1 N–H and O–H groups in total. The number of alkyl halides is 6. The van der Waals surface area contributed by atoms with E-state index in [4.69, 9.17) is 0 Å². The second-order valence-electron chi connectivity index (χ2n) is 9.87. The van der Waals surface area contributed by atoms with E-state index in [1.165, 1.54) is 11.9 Å². The van der Waals surface area contributed by atoms with Crippen LogP contribution in [0, 0.1) is 0 Å². The number of anilines is 2. The molecule has 2 aliphatic rings. The molecule has 1 aliphatic carbocycles. The number of amides is 1. The van der Waals surface area contributed by atoms with E-state index in [0.717, 1.165) is 5.69 Å². The zero-order valence-electron chi connectivity index (χ0n) is 21.0. The van der Waals surface area contributed by atoms with E-state index < -0.39 is 33.6 Å². The number of nitrogens with zero attached hydrogens (tertiary/aromatic N) is 3. The maximum absolute atomic E-state index is 13.2. The minimum atomic E-state index is -5.02. The van der Waals surface area contributed by atoms with Gasteiger partial charge in [-0.2, -0.15) is 26.3 Å². The molecule has 2 aromatic rings. The summed E-state index contributed by atoms with van der Waals surface area (Å²) in [5, 5.41) is 2.94. The first kappa shape index (κ1) is 29.0. The van der Waals surface area contributed by atoms with Crippen LogP contribution in [0.4, 0.5) is 37.7 Å². The lowest BCUT2D eigenvalue weighted by Crippen LogP contribution is -2.43. The van der Waals surface area contributed by atoms with Gasteiger partial charge in [0, 0.05) is 49.2 Å². The number of pyridine rings is 1. The van der Waals surface area contributed by atoms with Crippen LogP contribution in [0.25, 0.3) is 0 Å². The third-order valence-electron chi connectivity index (χ3n) is 7.22. The van der Waals surface area contributed by atoms with Gasteiger partial charge in [-0.15, -0.1) is 0 Å². The molecule has 2 heterocycles. The van der Waals surface area contributed by atoms with Crippen LogP contribution in [-0.4, -0.2) is 63.0 Å². The molecule has 1 saturated heterocycles. The molecule has 4 rings (SSSR count). The van der Waals surface area contributed by atoms with Crippen LogP contribution < -0.4 is 15.1 Å². The standard InChI is InChI=1S/C25H28F6N4O3S/c1-34(20-14-21(24(26,27)28)33-22(15-20)25(29,30)31)18-8-4-17(5-9-18)32-23(36)16-2-6-19(7-3-16)35-10-12-39(37,38)13-11-35/h2-3,6-7,14-15,17-18H,4-5,8-13H2,1H3,(H,32,36). The van der Waals surface area contributed by atoms with E-state index in [2.05, 4.69) is 10.3 Å². The average molecular weight is 579 g/mol. The van der Waals surface area contributed by atoms with Crippen molar-refractivity contribution in [1.82, 2.24) is 10.3 Å². The van der Waals surface area contributed by atoms with Crippen molar-refractivity contribution in [2.45, 2.75) is 50.1 Å². The van der Waals surface area contributed by atoms with Gasteiger partial charge in [0.25, 0.3) is 5.91 Å². The highest BCUT2D eigenvalue weighted by molar-refractivity contribution is 7.91. The Balaban J connectivity index is 1.34. The van der Waals surface area contributed by atoms with Crippen LogP contribution in [0.3, 0.4) is 0 Å². The fourth-order valence-electron chi connectivity index (χ4n) is 4.89. The molecular weight excluding hydrogens is 550 g/mol. The van der Waals surface area contributed by atoms with Gasteiger partial charge >= 0.3 is 12.4 Å². The van der Waals surface area contributed by atoms with E-state index in [0.29, 0.717) is 56.5 Å². The predicted octanol–water partition coefficient (Wildman–Crippen LogP) is 4.53. The molecule has 1 amide bonds. The molecule has 0 radical (unpaired) electrons. The molecule has 1 aromatic heterocycles. The number of sulfone groups is 1. The summed E-state index contributed by atoms with van der Waals surface area (Å²) in [6, 6.07) is 7.58. The predicted molar refractivity (Wildman–Crippen MR) is 133 cm³/mol. The summed E-state index contributed by atoms with van der Waals surface area (Å²) < 4.78 is 102. The van der Waals surface area contributed by atoms with Crippen LogP contribution in [0.1, 0.15) is 47.4 Å². The minimum Gasteiger partial charge on any atom is -0.371 e. The fraction of sp³-hybridized carbons (Fsp3) is 0.520. The van der Waals surface area contributed by atoms with Crippen molar-refractivity contribution in [3.63, 3.8) is 0 Å². The Bertz CT molecular complexity index is 1240. The van der Waals surface area contributed by atoms with Gasteiger partial charge in [-0.05, 0) is 62.1 Å². The summed E-state index contributed by atoms with van der Waals surface area (Å²) in [5.74, 6) is -0.124. The fourth-order valence-corrected chi connectivity index (χ4v) is 6.09. The first-order valence-corrected chi connectivity index (χ1v) is 14.2. The number of nitrogens with one attached hydrogen (secondary N) is 1. The highest BCUT2D eigenvalue weighted by Gasteiger charge is 2.39. The number of carbonyl (C=O) groups excluding carboxylic acids is 1. The summed E-state index contributed by atoms with van der Waals surface area (Å²) >= 11 is 0. The van der Waals surface area contributed by atoms with Crippen molar-refractivity contribution in [2.24, 2.45) is 0 Å². The topological polar surface area (TPSA) is 82.6 Å². The number of halogens is 6. The van der Waals surface area contributed by atoms with E-state index in [1.807, 2.05) is 4.90 Å². The van der Waals surface area contributed by atoms with Gasteiger partial charge in [-0.3, -0.25) is 4.79 Å². The molecule has 0 unspecified atom stereocenters. The monoisotopic (exact) mass is 578 g/mol. The van der Waals surface area contributed by atoms with Crippen molar-refractivity contribution >= 4 is 27.1 Å². The Labute approximate surface area is 222 Å². The Morgan fingerprint density at radius 3 is 1.92 bits per heavy atom. The number of benzene rings is 1. The number of aromatic nitrogens is 1. The zero-order chi connectivity index (χ0) is 28.6. The second-order valence-corrected chi connectivity index (χ2v) is 12.2. The highest BCUT2D eigenvalue weighted by atomic mass is 32.2. The van der Waals surface area contributed by atoms with E-state index >= 15 is 0 Å². The van der Waals surface area contributed by atoms with Gasteiger partial charge in [0.15, 0.2) is 9.84 Å². The van der Waals surface area contributed by atoms with Gasteiger partial charge in [-0.25, -0.2) is 13.4 Å². The molecular formula is C25H28F6N4O3S. The van der Waals surface area contributed by atoms with Crippen molar-refractivity contribution < 1.29 is 39.6 Å². The molecule has 14 heteroatoms. The zero-order valence-corrected chi connectivity index (χ0v) is 21.8. The summed E-state index contributed by atoms with van der Waals surface area (Å²) in [5.41, 5.74) is -2.17. The van der Waals surface area contributed by atoms with Crippen LogP contribution in [0.15, 0.2) is 36.4 Å². The minimum absolute atomic E-state index is 0.0846. The van der Waals surface area contributed by atoms with Crippen LogP contribution in [0.2, 0.25) is 0 Å². The first-order chi connectivity index (χ1) is 18.1. The van der Waals surface area contributed by atoms with Crippen molar-refractivity contribution in [1.29, 1.82) is 0 Å². The molecule has 1 aromatic carbocycles. The van der Waals surface area contributed by atoms with E-state index in [-0.39, 0.29) is 35.2 Å². The lowest BCUT2D eigenvalue weighted by atomic mass is 9.90. The Hall–Kier alpha value is -3.03. The molecule has 0 spiro atoms. The van der Waals surface area contributed by atoms with Gasteiger partial charge < -0.3 is 15.1 Å². The number of rotatable bonds is 5. The normalized spacial score (nSPS) is 21.9. The largest absolute Gasteiger partial charge is 0.433 e. The Kier molecular flexibility index (Phi) is 8.06. The quantitative estimate of drug-likeness (QED) is 0.526.